The Balaban J connectivity index is 2.66. The summed E-state index contributed by atoms with van der Waals surface area (Å²) in [6.07, 6.45) is 11.7. The van der Waals surface area contributed by atoms with Gasteiger partial charge in [0.2, 0.25) is 0 Å². The lowest BCUT2D eigenvalue weighted by Crippen LogP contribution is -2.38. The maximum absolute atomic E-state index is 4.38. The molecule has 134 valence electrons. The fourth-order valence-electron chi connectivity index (χ4n) is 4.64. The molecule has 1 saturated carbocycles. The molecule has 0 aromatic heterocycles. The third-order valence-electron chi connectivity index (χ3n) is 6.30. The first-order valence-electron chi connectivity index (χ1n) is 10.1. The molecule has 0 spiro atoms. The largest absolute Gasteiger partial charge is 0.0996 e. The Kier molecular flexibility index (Phi) is 8.11. The van der Waals surface area contributed by atoms with E-state index in [0.29, 0.717) is 5.41 Å². The molecule has 0 N–H and O–H groups in total. The van der Waals surface area contributed by atoms with E-state index in [-0.39, 0.29) is 0 Å². The summed E-state index contributed by atoms with van der Waals surface area (Å²) in [5, 5.41) is 0. The van der Waals surface area contributed by atoms with Crippen LogP contribution < -0.4 is 0 Å². The molecule has 0 bridgehead atoms. The van der Waals surface area contributed by atoms with E-state index in [1.54, 1.807) is 5.57 Å². The molecule has 0 amide bonds. The Morgan fingerprint density at radius 1 is 1.13 bits per heavy atom. The summed E-state index contributed by atoms with van der Waals surface area (Å²) in [5.74, 6) is 3.21. The van der Waals surface area contributed by atoms with Crippen LogP contribution in [0.5, 0.6) is 0 Å². The maximum atomic E-state index is 4.38. The molecule has 0 heteroatoms. The Morgan fingerprint density at radius 2 is 1.78 bits per heavy atom. The van der Waals surface area contributed by atoms with Gasteiger partial charge in [-0.1, -0.05) is 84.6 Å². The monoisotopic (exact) mass is 318 g/mol. The fraction of sp³-hybridized carbons (Fsp3) is 0.826. The average molecular weight is 319 g/mol. The first-order chi connectivity index (χ1) is 10.7. The minimum absolute atomic E-state index is 0.317. The van der Waals surface area contributed by atoms with Gasteiger partial charge in [-0.05, 0) is 61.7 Å². The molecule has 1 aliphatic carbocycles. The summed E-state index contributed by atoms with van der Waals surface area (Å²) in [5.41, 5.74) is 3.42. The van der Waals surface area contributed by atoms with Crippen LogP contribution >= 0.6 is 0 Å². The highest BCUT2D eigenvalue weighted by Crippen LogP contribution is 2.51. The minimum atomic E-state index is 0.317. The zero-order chi connectivity index (χ0) is 17.6. The second-order valence-electron chi connectivity index (χ2n) is 8.96. The molecule has 1 rings (SSSR count). The van der Waals surface area contributed by atoms with Crippen LogP contribution in [0.4, 0.5) is 0 Å². The molecule has 4 atom stereocenters. The van der Waals surface area contributed by atoms with Gasteiger partial charge in [0, 0.05) is 0 Å². The zero-order valence-electron chi connectivity index (χ0n) is 17.0. The van der Waals surface area contributed by atoms with Crippen LogP contribution in [0.3, 0.4) is 0 Å². The molecule has 4 unspecified atom stereocenters. The highest BCUT2D eigenvalue weighted by Gasteiger charge is 2.41. The molecule has 0 saturated heterocycles. The average Bonchev–Trinajstić information content (AvgIpc) is 2.35. The Morgan fingerprint density at radius 3 is 2.26 bits per heavy atom. The summed E-state index contributed by atoms with van der Waals surface area (Å²) >= 11 is 0. The summed E-state index contributed by atoms with van der Waals surface area (Å²) < 4.78 is 0. The summed E-state index contributed by atoms with van der Waals surface area (Å²) in [4.78, 5) is 0. The summed E-state index contributed by atoms with van der Waals surface area (Å²) in [7, 11) is 0. The second-order valence-corrected chi connectivity index (χ2v) is 8.96. The first kappa shape index (κ1) is 20.5. The quantitative estimate of drug-likeness (QED) is 0.360. The van der Waals surface area contributed by atoms with Crippen LogP contribution in [-0.4, -0.2) is 0 Å². The predicted octanol–water partition coefficient (Wildman–Crippen LogP) is 7.80. The van der Waals surface area contributed by atoms with E-state index in [2.05, 4.69) is 61.1 Å². The smallest absolute Gasteiger partial charge is 0.0138 e. The van der Waals surface area contributed by atoms with Gasteiger partial charge in [-0.25, -0.2) is 0 Å². The molecule has 1 fully saturated rings. The lowest BCUT2D eigenvalue weighted by molar-refractivity contribution is 0.0986. The van der Waals surface area contributed by atoms with Crippen molar-refractivity contribution in [1.29, 1.82) is 0 Å². The van der Waals surface area contributed by atoms with Crippen molar-refractivity contribution in [2.45, 2.75) is 93.4 Å². The van der Waals surface area contributed by atoms with Crippen LogP contribution in [0.25, 0.3) is 0 Å². The van der Waals surface area contributed by atoms with Crippen LogP contribution in [-0.2, 0) is 0 Å². The molecular formula is C23H42. The van der Waals surface area contributed by atoms with Crippen LogP contribution in [0.15, 0.2) is 23.8 Å². The standard InChI is InChI=1S/C23H42/c1-9-11-18(4)20(6)15-17(3)16-23(7,8)22-14-13-21(22)19(5)12-10-2/h16,18,20-22H,5,9-15H2,1-4,6-8H3. The van der Waals surface area contributed by atoms with E-state index in [0.717, 1.165) is 23.7 Å². The van der Waals surface area contributed by atoms with Crippen molar-refractivity contribution < 1.29 is 0 Å². The van der Waals surface area contributed by atoms with E-state index in [9.17, 15) is 0 Å². The molecule has 0 aromatic rings. The second kappa shape index (κ2) is 9.09. The molecule has 0 radical (unpaired) electrons. The predicted molar refractivity (Wildman–Crippen MR) is 106 cm³/mol. The van der Waals surface area contributed by atoms with Gasteiger partial charge in [0.05, 0.1) is 0 Å². The van der Waals surface area contributed by atoms with E-state index in [1.807, 2.05) is 0 Å². The lowest BCUT2D eigenvalue weighted by Gasteiger charge is -2.47. The van der Waals surface area contributed by atoms with Crippen molar-refractivity contribution in [3.63, 3.8) is 0 Å². The minimum Gasteiger partial charge on any atom is -0.0996 e. The number of rotatable bonds is 10. The van der Waals surface area contributed by atoms with Crippen molar-refractivity contribution in [2.75, 3.05) is 0 Å². The van der Waals surface area contributed by atoms with E-state index in [1.165, 1.54) is 50.5 Å². The van der Waals surface area contributed by atoms with Gasteiger partial charge < -0.3 is 0 Å². The van der Waals surface area contributed by atoms with Crippen molar-refractivity contribution in [3.05, 3.63) is 23.8 Å². The highest BCUT2D eigenvalue weighted by molar-refractivity contribution is 5.16. The summed E-state index contributed by atoms with van der Waals surface area (Å²) in [6.45, 7) is 21.1. The molecule has 0 aliphatic heterocycles. The van der Waals surface area contributed by atoms with E-state index in [4.69, 9.17) is 0 Å². The normalized spacial score (nSPS) is 24.9. The number of hydrogen-bond acceptors (Lipinski definition) is 0. The maximum Gasteiger partial charge on any atom is -0.0138 e. The Hall–Kier alpha value is -0.520. The first-order valence-corrected chi connectivity index (χ1v) is 10.1. The Labute approximate surface area is 146 Å². The van der Waals surface area contributed by atoms with Crippen molar-refractivity contribution >= 4 is 0 Å². The molecule has 0 heterocycles. The zero-order valence-corrected chi connectivity index (χ0v) is 17.0. The van der Waals surface area contributed by atoms with Gasteiger partial charge in [-0.15, -0.1) is 0 Å². The van der Waals surface area contributed by atoms with Gasteiger partial charge in [-0.3, -0.25) is 0 Å². The highest BCUT2D eigenvalue weighted by atomic mass is 14.5. The molecular weight excluding hydrogens is 276 g/mol. The van der Waals surface area contributed by atoms with Crippen LogP contribution in [0.2, 0.25) is 0 Å². The molecule has 1 aliphatic rings. The lowest BCUT2D eigenvalue weighted by atomic mass is 9.58. The van der Waals surface area contributed by atoms with Crippen LogP contribution in [0.1, 0.15) is 93.4 Å². The van der Waals surface area contributed by atoms with Gasteiger partial charge in [0.25, 0.3) is 0 Å². The van der Waals surface area contributed by atoms with Gasteiger partial charge in [-0.2, -0.15) is 0 Å². The van der Waals surface area contributed by atoms with E-state index < -0.39 is 0 Å². The fourth-order valence-corrected chi connectivity index (χ4v) is 4.64. The molecule has 0 aromatic carbocycles. The third kappa shape index (κ3) is 5.80. The SMILES string of the molecule is C=C(CCC)C1CCC1C(C)(C)C=C(C)CC(C)C(C)CCC. The van der Waals surface area contributed by atoms with Gasteiger partial charge in [0.15, 0.2) is 0 Å². The topological polar surface area (TPSA) is 0 Å². The molecule has 0 nitrogen and oxygen atoms in total. The van der Waals surface area contributed by atoms with Crippen molar-refractivity contribution in [1.82, 2.24) is 0 Å². The Bertz CT molecular complexity index is 398. The van der Waals surface area contributed by atoms with Gasteiger partial charge >= 0.3 is 0 Å². The van der Waals surface area contributed by atoms with E-state index >= 15 is 0 Å². The van der Waals surface area contributed by atoms with Crippen molar-refractivity contribution in [3.8, 4) is 0 Å². The van der Waals surface area contributed by atoms with Crippen LogP contribution in [0, 0.1) is 29.1 Å². The summed E-state index contributed by atoms with van der Waals surface area (Å²) in [6, 6.07) is 0. The third-order valence-corrected chi connectivity index (χ3v) is 6.30. The number of hydrogen-bond donors (Lipinski definition) is 0. The molecule has 23 heavy (non-hydrogen) atoms. The van der Waals surface area contributed by atoms with Gasteiger partial charge in [0.1, 0.15) is 0 Å². The number of allylic oxidation sites excluding steroid dienone is 3. The van der Waals surface area contributed by atoms with Crippen molar-refractivity contribution in [2.24, 2.45) is 29.1 Å².